The molecule has 0 fully saturated rings. The molecule has 108 valence electrons. The van der Waals surface area contributed by atoms with E-state index in [1.54, 1.807) is 31.2 Å². The molecule has 2 amide bonds. The molecule has 2 rings (SSSR count). The van der Waals surface area contributed by atoms with Crippen molar-refractivity contribution in [3.05, 3.63) is 34.9 Å². The first-order valence-corrected chi connectivity index (χ1v) is 8.00. The molecule has 1 N–H and O–H groups in total. The minimum Gasteiger partial charge on any atom is -0.246 e. The molecule has 0 unspecified atom stereocenters. The van der Waals surface area contributed by atoms with E-state index in [0.29, 0.717) is 23.6 Å². The molecule has 1 aromatic carbocycles. The molecule has 0 bridgehead atoms. The van der Waals surface area contributed by atoms with E-state index in [1.807, 2.05) is 4.72 Å². The van der Waals surface area contributed by atoms with Crippen LogP contribution in [-0.4, -0.2) is 31.7 Å². The van der Waals surface area contributed by atoms with Crippen LogP contribution < -0.4 is 4.72 Å². The average molecular weight is 316 g/mol. The fourth-order valence-electron chi connectivity index (χ4n) is 1.76. The van der Waals surface area contributed by atoms with Gasteiger partial charge in [0.15, 0.2) is 0 Å². The number of rotatable bonds is 3. The topological polar surface area (TPSA) is 78.8 Å². The van der Waals surface area contributed by atoms with E-state index in [1.165, 1.54) is 0 Å². The van der Waals surface area contributed by atoms with Crippen molar-refractivity contribution in [2.24, 2.45) is 5.10 Å². The third-order valence-electron chi connectivity index (χ3n) is 2.76. The summed E-state index contributed by atoms with van der Waals surface area (Å²) in [5.41, 5.74) is 1.24. The van der Waals surface area contributed by atoms with E-state index in [-0.39, 0.29) is 5.75 Å². The standard InChI is InChI=1S/C12H14ClN3O3S/c1-9-6-7-16(14-9)12(17)15-20(18,19)8-10-4-2-3-5-11(10)13/h2-5H,6-8H2,1H3,(H,15,17). The molecule has 1 aromatic rings. The molecule has 8 heteroatoms. The second kappa shape index (κ2) is 5.80. The van der Waals surface area contributed by atoms with Gasteiger partial charge in [0.1, 0.15) is 0 Å². The fraction of sp³-hybridized carbons (Fsp3) is 0.333. The molecular formula is C12H14ClN3O3S. The van der Waals surface area contributed by atoms with Crippen LogP contribution in [0.1, 0.15) is 18.9 Å². The Kier molecular flexibility index (Phi) is 4.29. The summed E-state index contributed by atoms with van der Waals surface area (Å²) < 4.78 is 25.9. The van der Waals surface area contributed by atoms with Crippen LogP contribution in [0.25, 0.3) is 0 Å². The SMILES string of the molecule is CC1=NN(C(=O)NS(=O)(=O)Cc2ccccc2Cl)CC1. The Morgan fingerprint density at radius 1 is 1.45 bits per heavy atom. The zero-order valence-electron chi connectivity index (χ0n) is 10.8. The van der Waals surface area contributed by atoms with Crippen LogP contribution in [0, 0.1) is 0 Å². The lowest BCUT2D eigenvalue weighted by atomic mass is 10.2. The molecule has 20 heavy (non-hydrogen) atoms. The quantitative estimate of drug-likeness (QED) is 0.926. The van der Waals surface area contributed by atoms with Crippen molar-refractivity contribution in [3.8, 4) is 0 Å². The molecule has 6 nitrogen and oxygen atoms in total. The molecule has 0 saturated carbocycles. The van der Waals surface area contributed by atoms with Crippen molar-refractivity contribution < 1.29 is 13.2 Å². The molecule has 1 aliphatic heterocycles. The fourth-order valence-corrected chi connectivity index (χ4v) is 3.15. The lowest BCUT2D eigenvalue weighted by molar-refractivity contribution is 0.211. The number of carbonyl (C=O) groups excluding carboxylic acids is 1. The lowest BCUT2D eigenvalue weighted by Gasteiger charge is -2.13. The van der Waals surface area contributed by atoms with Crippen LogP contribution in [0.2, 0.25) is 5.02 Å². The van der Waals surface area contributed by atoms with Crippen LogP contribution in [0.3, 0.4) is 0 Å². The van der Waals surface area contributed by atoms with Gasteiger partial charge in [-0.25, -0.2) is 22.9 Å². The highest BCUT2D eigenvalue weighted by Gasteiger charge is 2.23. The predicted molar refractivity (Wildman–Crippen MR) is 77.0 cm³/mol. The summed E-state index contributed by atoms with van der Waals surface area (Å²) in [6.45, 7) is 2.17. The van der Waals surface area contributed by atoms with E-state index in [9.17, 15) is 13.2 Å². The third-order valence-corrected chi connectivity index (χ3v) is 4.30. The second-order valence-electron chi connectivity index (χ2n) is 4.47. The summed E-state index contributed by atoms with van der Waals surface area (Å²) in [5, 5.41) is 5.40. The van der Waals surface area contributed by atoms with E-state index in [0.717, 1.165) is 10.7 Å². The Hall–Kier alpha value is -1.60. The van der Waals surface area contributed by atoms with Gasteiger partial charge in [0.25, 0.3) is 0 Å². The van der Waals surface area contributed by atoms with Gasteiger partial charge in [0.05, 0.1) is 12.3 Å². The van der Waals surface area contributed by atoms with Gasteiger partial charge in [-0.1, -0.05) is 29.8 Å². The van der Waals surface area contributed by atoms with Crippen LogP contribution in [0.5, 0.6) is 0 Å². The number of nitrogens with one attached hydrogen (secondary N) is 1. The molecule has 0 radical (unpaired) electrons. The van der Waals surface area contributed by atoms with Crippen LogP contribution in [-0.2, 0) is 15.8 Å². The summed E-state index contributed by atoms with van der Waals surface area (Å²) in [4.78, 5) is 11.8. The number of halogens is 1. The lowest BCUT2D eigenvalue weighted by Crippen LogP contribution is -2.39. The summed E-state index contributed by atoms with van der Waals surface area (Å²) >= 11 is 5.90. The van der Waals surface area contributed by atoms with Crippen LogP contribution in [0.15, 0.2) is 29.4 Å². The monoisotopic (exact) mass is 315 g/mol. The molecule has 0 spiro atoms. The molecule has 1 aliphatic rings. The van der Waals surface area contributed by atoms with Crippen molar-refractivity contribution in [1.29, 1.82) is 0 Å². The van der Waals surface area contributed by atoms with Gasteiger partial charge < -0.3 is 0 Å². The Balaban J connectivity index is 2.05. The minimum atomic E-state index is -3.81. The van der Waals surface area contributed by atoms with E-state index >= 15 is 0 Å². The Morgan fingerprint density at radius 2 is 2.15 bits per heavy atom. The number of amides is 2. The number of nitrogens with zero attached hydrogens (tertiary/aromatic N) is 2. The number of sulfonamides is 1. The Morgan fingerprint density at radius 3 is 2.75 bits per heavy atom. The largest absolute Gasteiger partial charge is 0.351 e. The third kappa shape index (κ3) is 3.71. The molecule has 0 aliphatic carbocycles. The highest BCUT2D eigenvalue weighted by atomic mass is 35.5. The maximum Gasteiger partial charge on any atom is 0.351 e. The number of hydrogen-bond donors (Lipinski definition) is 1. The smallest absolute Gasteiger partial charge is 0.246 e. The van der Waals surface area contributed by atoms with Crippen molar-refractivity contribution in [2.45, 2.75) is 19.1 Å². The number of urea groups is 1. The summed E-state index contributed by atoms with van der Waals surface area (Å²) in [7, 11) is -3.81. The van der Waals surface area contributed by atoms with E-state index < -0.39 is 16.1 Å². The van der Waals surface area contributed by atoms with Crippen molar-refractivity contribution in [3.63, 3.8) is 0 Å². The van der Waals surface area contributed by atoms with Gasteiger partial charge in [-0.2, -0.15) is 5.10 Å². The number of hydrogen-bond acceptors (Lipinski definition) is 4. The number of carbonyl (C=O) groups is 1. The molecule has 0 atom stereocenters. The van der Waals surface area contributed by atoms with Gasteiger partial charge in [0.2, 0.25) is 10.0 Å². The summed E-state index contributed by atoms with van der Waals surface area (Å²) in [6.07, 6.45) is 0.651. The highest BCUT2D eigenvalue weighted by molar-refractivity contribution is 7.89. The normalized spacial score (nSPS) is 15.1. The van der Waals surface area contributed by atoms with Gasteiger partial charge >= 0.3 is 6.03 Å². The molecule has 0 saturated heterocycles. The molecule has 0 aromatic heterocycles. The Bertz CT molecular complexity index is 658. The van der Waals surface area contributed by atoms with Gasteiger partial charge in [-0.05, 0) is 18.6 Å². The minimum absolute atomic E-state index is 0.348. The average Bonchev–Trinajstić information content (AvgIpc) is 2.78. The maximum absolute atomic E-state index is 11.9. The molecular weight excluding hydrogens is 302 g/mol. The number of benzene rings is 1. The number of hydrazone groups is 1. The summed E-state index contributed by atoms with van der Waals surface area (Å²) in [5.74, 6) is -0.352. The van der Waals surface area contributed by atoms with Gasteiger partial charge in [0, 0.05) is 17.2 Å². The zero-order chi connectivity index (χ0) is 14.8. The van der Waals surface area contributed by atoms with Gasteiger partial charge in [-0.3, -0.25) is 0 Å². The molecule has 1 heterocycles. The van der Waals surface area contributed by atoms with Crippen LogP contribution >= 0.6 is 11.6 Å². The predicted octanol–water partition coefficient (Wildman–Crippen LogP) is 1.96. The van der Waals surface area contributed by atoms with Crippen molar-refractivity contribution in [1.82, 2.24) is 9.73 Å². The first-order chi connectivity index (χ1) is 9.37. The van der Waals surface area contributed by atoms with E-state index in [4.69, 9.17) is 11.6 Å². The second-order valence-corrected chi connectivity index (χ2v) is 6.60. The van der Waals surface area contributed by atoms with Crippen LogP contribution in [0.4, 0.5) is 4.79 Å². The first kappa shape index (κ1) is 14.8. The summed E-state index contributed by atoms with van der Waals surface area (Å²) in [6, 6.07) is 5.85. The first-order valence-electron chi connectivity index (χ1n) is 5.97. The zero-order valence-corrected chi connectivity index (χ0v) is 12.4. The Labute approximate surface area is 122 Å². The van der Waals surface area contributed by atoms with Crippen molar-refractivity contribution >= 4 is 33.4 Å². The highest BCUT2D eigenvalue weighted by Crippen LogP contribution is 2.17. The van der Waals surface area contributed by atoms with Crippen molar-refractivity contribution in [2.75, 3.05) is 6.54 Å². The maximum atomic E-state index is 11.9. The van der Waals surface area contributed by atoms with Gasteiger partial charge in [-0.15, -0.1) is 0 Å². The van der Waals surface area contributed by atoms with E-state index in [2.05, 4.69) is 5.10 Å².